The molecule has 6 heteroatoms. The van der Waals surface area contributed by atoms with Crippen molar-refractivity contribution in [1.82, 2.24) is 10.2 Å². The highest BCUT2D eigenvalue weighted by molar-refractivity contribution is 5.53. The van der Waals surface area contributed by atoms with Gasteiger partial charge in [-0.2, -0.15) is 0 Å². The van der Waals surface area contributed by atoms with Gasteiger partial charge in [0.15, 0.2) is 0 Å². The molecule has 90 valence electrons. The van der Waals surface area contributed by atoms with Gasteiger partial charge in [0.25, 0.3) is 0 Å². The average molecular weight is 236 g/mol. The van der Waals surface area contributed by atoms with Gasteiger partial charge in [-0.15, -0.1) is 5.10 Å². The Labute approximate surface area is 97.8 Å². The third-order valence-electron chi connectivity index (χ3n) is 2.20. The maximum atomic E-state index is 13.5. The zero-order valence-electron chi connectivity index (χ0n) is 9.57. The van der Waals surface area contributed by atoms with Gasteiger partial charge in [-0.25, -0.2) is 4.39 Å². The molecule has 0 saturated heterocycles. The maximum absolute atomic E-state index is 13.5. The van der Waals surface area contributed by atoms with E-state index in [1.165, 1.54) is 6.07 Å². The highest BCUT2D eigenvalue weighted by atomic mass is 19.1. The van der Waals surface area contributed by atoms with Gasteiger partial charge in [0.1, 0.15) is 5.82 Å². The lowest BCUT2D eigenvalue weighted by Crippen LogP contribution is -2.04. The number of nitrogens with two attached hydrogens (primary N) is 1. The molecule has 0 saturated carbocycles. The fourth-order valence-electron chi connectivity index (χ4n) is 1.31. The van der Waals surface area contributed by atoms with Crippen LogP contribution < -0.4 is 11.1 Å². The molecule has 17 heavy (non-hydrogen) atoms. The van der Waals surface area contributed by atoms with Crippen molar-refractivity contribution >= 4 is 11.7 Å². The Morgan fingerprint density at radius 1 is 1.41 bits per heavy atom. The highest BCUT2D eigenvalue weighted by Crippen LogP contribution is 2.20. The summed E-state index contributed by atoms with van der Waals surface area (Å²) >= 11 is 0. The molecular formula is C11H13FN4O. The molecule has 1 unspecified atom stereocenters. The van der Waals surface area contributed by atoms with Crippen LogP contribution in [-0.4, -0.2) is 10.2 Å². The van der Waals surface area contributed by atoms with Gasteiger partial charge in [-0.1, -0.05) is 11.2 Å². The quantitative estimate of drug-likeness (QED) is 0.854. The first-order chi connectivity index (χ1) is 8.06. The van der Waals surface area contributed by atoms with E-state index < -0.39 is 0 Å². The Kier molecular flexibility index (Phi) is 3.06. The summed E-state index contributed by atoms with van der Waals surface area (Å²) in [5.41, 5.74) is 6.70. The smallest absolute Gasteiger partial charge is 0.320 e. The van der Waals surface area contributed by atoms with E-state index in [1.54, 1.807) is 19.1 Å². The molecule has 0 amide bonds. The summed E-state index contributed by atoms with van der Waals surface area (Å²) in [4.78, 5) is 0. The van der Waals surface area contributed by atoms with Crippen molar-refractivity contribution < 1.29 is 8.81 Å². The molecule has 3 N–H and O–H groups in total. The minimum Gasteiger partial charge on any atom is -0.406 e. The van der Waals surface area contributed by atoms with Crippen LogP contribution in [-0.2, 0) is 0 Å². The first kappa shape index (κ1) is 11.5. The number of nitrogens with one attached hydrogen (secondary N) is 1. The van der Waals surface area contributed by atoms with Gasteiger partial charge < -0.3 is 15.5 Å². The molecular weight excluding hydrogens is 223 g/mol. The van der Waals surface area contributed by atoms with E-state index in [4.69, 9.17) is 10.2 Å². The summed E-state index contributed by atoms with van der Waals surface area (Å²) in [5, 5.41) is 10.2. The molecule has 0 bridgehead atoms. The number of aryl methyl sites for hydroxylation is 1. The standard InChI is InChI=1S/C11H13FN4O/c1-6-3-4-9(8(12)5-6)14-11-16-15-10(17-11)7(2)13/h3-5,7H,13H2,1-2H3,(H,14,16). The SMILES string of the molecule is Cc1ccc(Nc2nnc(C(C)N)o2)c(F)c1. The summed E-state index contributed by atoms with van der Waals surface area (Å²) in [6, 6.07) is 4.60. The second kappa shape index (κ2) is 4.50. The molecule has 1 aromatic heterocycles. The summed E-state index contributed by atoms with van der Waals surface area (Å²) < 4.78 is 18.7. The third-order valence-corrected chi connectivity index (χ3v) is 2.20. The molecule has 0 aliphatic heterocycles. The topological polar surface area (TPSA) is 77.0 Å². The number of halogens is 1. The first-order valence-electron chi connectivity index (χ1n) is 5.18. The van der Waals surface area contributed by atoms with Crippen LogP contribution in [0.2, 0.25) is 0 Å². The summed E-state index contributed by atoms with van der Waals surface area (Å²) in [7, 11) is 0. The van der Waals surface area contributed by atoms with E-state index in [-0.39, 0.29) is 23.6 Å². The van der Waals surface area contributed by atoms with E-state index in [9.17, 15) is 4.39 Å². The van der Waals surface area contributed by atoms with Crippen molar-refractivity contribution in [2.45, 2.75) is 19.9 Å². The first-order valence-corrected chi connectivity index (χ1v) is 5.18. The molecule has 0 fully saturated rings. The second-order valence-corrected chi connectivity index (χ2v) is 3.84. The van der Waals surface area contributed by atoms with Crippen molar-refractivity contribution in [2.75, 3.05) is 5.32 Å². The minimum absolute atomic E-state index is 0.125. The summed E-state index contributed by atoms with van der Waals surface area (Å²) in [5.74, 6) is -0.0643. The molecule has 1 heterocycles. The van der Waals surface area contributed by atoms with Gasteiger partial charge in [-0.3, -0.25) is 0 Å². The molecule has 1 aromatic carbocycles. The molecule has 0 aliphatic carbocycles. The predicted molar refractivity (Wildman–Crippen MR) is 61.3 cm³/mol. The summed E-state index contributed by atoms with van der Waals surface area (Å²) in [6.45, 7) is 3.54. The van der Waals surface area contributed by atoms with E-state index >= 15 is 0 Å². The Bertz CT molecular complexity index is 524. The Morgan fingerprint density at radius 2 is 2.18 bits per heavy atom. The van der Waals surface area contributed by atoms with Crippen LogP contribution in [0.4, 0.5) is 16.1 Å². The Morgan fingerprint density at radius 3 is 2.76 bits per heavy atom. The van der Waals surface area contributed by atoms with Gasteiger partial charge >= 0.3 is 6.01 Å². The molecule has 2 rings (SSSR count). The monoisotopic (exact) mass is 236 g/mol. The molecule has 0 spiro atoms. The zero-order chi connectivity index (χ0) is 12.4. The van der Waals surface area contributed by atoms with Crippen molar-refractivity contribution in [3.63, 3.8) is 0 Å². The Hall–Kier alpha value is -1.95. The lowest BCUT2D eigenvalue weighted by atomic mass is 10.2. The van der Waals surface area contributed by atoms with Crippen LogP contribution in [0.1, 0.15) is 24.4 Å². The average Bonchev–Trinajstić information content (AvgIpc) is 2.71. The number of nitrogens with zero attached hydrogens (tertiary/aromatic N) is 2. The van der Waals surface area contributed by atoms with E-state index in [2.05, 4.69) is 15.5 Å². The van der Waals surface area contributed by atoms with Crippen molar-refractivity contribution in [3.05, 3.63) is 35.5 Å². The van der Waals surface area contributed by atoms with E-state index in [0.29, 0.717) is 5.89 Å². The number of hydrogen-bond donors (Lipinski definition) is 2. The molecule has 2 aromatic rings. The number of hydrogen-bond acceptors (Lipinski definition) is 5. The summed E-state index contributed by atoms with van der Waals surface area (Å²) in [6.07, 6.45) is 0. The van der Waals surface area contributed by atoms with Crippen LogP contribution in [0.3, 0.4) is 0 Å². The molecule has 1 atom stereocenters. The fraction of sp³-hybridized carbons (Fsp3) is 0.273. The molecule has 5 nitrogen and oxygen atoms in total. The molecule has 0 radical (unpaired) electrons. The van der Waals surface area contributed by atoms with Crippen LogP contribution >= 0.6 is 0 Å². The van der Waals surface area contributed by atoms with Crippen molar-refractivity contribution in [2.24, 2.45) is 5.73 Å². The van der Waals surface area contributed by atoms with E-state index in [1.807, 2.05) is 6.92 Å². The van der Waals surface area contributed by atoms with Crippen LogP contribution in [0.15, 0.2) is 22.6 Å². The zero-order valence-corrected chi connectivity index (χ0v) is 9.57. The number of benzene rings is 1. The van der Waals surface area contributed by atoms with Crippen molar-refractivity contribution in [1.29, 1.82) is 0 Å². The largest absolute Gasteiger partial charge is 0.406 e. The van der Waals surface area contributed by atoms with Gasteiger partial charge in [-0.05, 0) is 31.5 Å². The van der Waals surface area contributed by atoms with Gasteiger partial charge in [0.2, 0.25) is 5.89 Å². The number of rotatable bonds is 3. The van der Waals surface area contributed by atoms with Gasteiger partial charge in [0, 0.05) is 0 Å². The lowest BCUT2D eigenvalue weighted by molar-refractivity contribution is 0.475. The normalized spacial score (nSPS) is 12.5. The number of anilines is 2. The Balaban J connectivity index is 2.19. The van der Waals surface area contributed by atoms with Crippen LogP contribution in [0.25, 0.3) is 0 Å². The van der Waals surface area contributed by atoms with E-state index in [0.717, 1.165) is 5.56 Å². The third kappa shape index (κ3) is 2.59. The fourth-order valence-corrected chi connectivity index (χ4v) is 1.31. The van der Waals surface area contributed by atoms with Crippen LogP contribution in [0.5, 0.6) is 0 Å². The van der Waals surface area contributed by atoms with Crippen LogP contribution in [0, 0.1) is 12.7 Å². The van der Waals surface area contributed by atoms with Crippen molar-refractivity contribution in [3.8, 4) is 0 Å². The second-order valence-electron chi connectivity index (χ2n) is 3.84. The highest BCUT2D eigenvalue weighted by Gasteiger charge is 2.11. The number of aromatic nitrogens is 2. The predicted octanol–water partition coefficient (Wildman–Crippen LogP) is 2.28. The lowest BCUT2D eigenvalue weighted by Gasteiger charge is -2.03. The van der Waals surface area contributed by atoms with Gasteiger partial charge in [0.05, 0.1) is 11.7 Å². The maximum Gasteiger partial charge on any atom is 0.320 e. The molecule has 0 aliphatic rings. The minimum atomic E-state index is -0.370.